The highest BCUT2D eigenvalue weighted by Gasteiger charge is 2.12. The van der Waals surface area contributed by atoms with Gasteiger partial charge < -0.3 is 9.47 Å². The number of rotatable bonds is 7. The van der Waals surface area contributed by atoms with Crippen LogP contribution in [0, 0.1) is 0 Å². The minimum Gasteiger partial charge on any atom is -0.495 e. The predicted octanol–water partition coefficient (Wildman–Crippen LogP) is 5.49. The summed E-state index contributed by atoms with van der Waals surface area (Å²) in [6.45, 7) is 4.26. The smallest absolute Gasteiger partial charge is 0.264 e. The number of hydrogen-bond donors (Lipinski definition) is 1. The van der Waals surface area contributed by atoms with E-state index < -0.39 is 0 Å². The van der Waals surface area contributed by atoms with Crippen molar-refractivity contribution >= 4 is 44.2 Å². The normalized spacial score (nSPS) is 12.0. The molecule has 27 heavy (non-hydrogen) atoms. The number of fused-ring (bicyclic) bond motifs is 1. The molecule has 0 aliphatic carbocycles. The summed E-state index contributed by atoms with van der Waals surface area (Å²) in [5.41, 5.74) is 1.97. The molecule has 0 aliphatic rings. The highest BCUT2D eigenvalue weighted by Crippen LogP contribution is 2.34. The molecule has 1 aromatic heterocycles. The van der Waals surface area contributed by atoms with Crippen LogP contribution in [0.2, 0.25) is 5.02 Å². The van der Waals surface area contributed by atoms with E-state index in [1.165, 1.54) is 16.9 Å². The first-order valence-corrected chi connectivity index (χ1v) is 9.86. The lowest BCUT2D eigenvalue weighted by Crippen LogP contribution is -2.20. The van der Waals surface area contributed by atoms with Crippen LogP contribution in [-0.4, -0.2) is 24.6 Å². The number of thiazole rings is 1. The Bertz CT molecular complexity index is 940. The van der Waals surface area contributed by atoms with E-state index in [-0.39, 0.29) is 12.5 Å². The van der Waals surface area contributed by atoms with Gasteiger partial charge in [0.2, 0.25) is 0 Å². The van der Waals surface area contributed by atoms with Gasteiger partial charge in [-0.05, 0) is 36.1 Å². The number of amides is 1. The van der Waals surface area contributed by atoms with E-state index in [0.29, 0.717) is 33.1 Å². The summed E-state index contributed by atoms with van der Waals surface area (Å²) in [5.74, 6) is 1.49. The van der Waals surface area contributed by atoms with Crippen LogP contribution in [-0.2, 0) is 4.79 Å². The molecule has 0 spiro atoms. The van der Waals surface area contributed by atoms with Crippen LogP contribution >= 0.6 is 22.9 Å². The molecule has 1 heterocycles. The summed E-state index contributed by atoms with van der Waals surface area (Å²) in [6.07, 6.45) is 1.09. The Balaban J connectivity index is 1.60. The Morgan fingerprint density at radius 2 is 2.04 bits per heavy atom. The van der Waals surface area contributed by atoms with Crippen molar-refractivity contribution in [2.75, 3.05) is 19.0 Å². The molecule has 0 saturated carbocycles. The van der Waals surface area contributed by atoms with Crippen LogP contribution in [0.5, 0.6) is 11.5 Å². The highest BCUT2D eigenvalue weighted by molar-refractivity contribution is 7.22. The number of carbonyl (C=O) groups is 1. The number of ether oxygens (including phenoxy) is 2. The van der Waals surface area contributed by atoms with E-state index >= 15 is 0 Å². The number of anilines is 1. The number of aromatic nitrogens is 1. The van der Waals surface area contributed by atoms with E-state index in [9.17, 15) is 4.79 Å². The predicted molar refractivity (Wildman–Crippen MR) is 110 cm³/mol. The third kappa shape index (κ3) is 4.70. The number of carbonyl (C=O) groups excluding carboxylic acids is 1. The topological polar surface area (TPSA) is 60.5 Å². The van der Waals surface area contributed by atoms with Crippen molar-refractivity contribution in [2.24, 2.45) is 0 Å². The van der Waals surface area contributed by atoms with Crippen LogP contribution in [0.15, 0.2) is 36.4 Å². The molecule has 0 saturated heterocycles. The first-order valence-electron chi connectivity index (χ1n) is 8.66. The van der Waals surface area contributed by atoms with Gasteiger partial charge in [0.1, 0.15) is 11.5 Å². The number of methoxy groups -OCH3 is 1. The van der Waals surface area contributed by atoms with Gasteiger partial charge in [-0.3, -0.25) is 10.1 Å². The molecule has 7 heteroatoms. The van der Waals surface area contributed by atoms with E-state index in [1.807, 2.05) is 24.3 Å². The molecule has 142 valence electrons. The van der Waals surface area contributed by atoms with Crippen LogP contribution in [0.3, 0.4) is 0 Å². The second kappa shape index (κ2) is 8.59. The average molecular weight is 405 g/mol. The SMILES string of the molecule is CC[C@H](C)c1ccc(OCC(=O)Nc2nc3cc(Cl)c(OC)cc3s2)cc1. The Morgan fingerprint density at radius 1 is 1.30 bits per heavy atom. The molecule has 0 bridgehead atoms. The largest absolute Gasteiger partial charge is 0.495 e. The summed E-state index contributed by atoms with van der Waals surface area (Å²) < 4.78 is 11.6. The van der Waals surface area contributed by atoms with Crippen molar-refractivity contribution < 1.29 is 14.3 Å². The van der Waals surface area contributed by atoms with Gasteiger partial charge >= 0.3 is 0 Å². The summed E-state index contributed by atoms with van der Waals surface area (Å²) in [5, 5.41) is 3.74. The van der Waals surface area contributed by atoms with Gasteiger partial charge in [0.05, 0.1) is 22.3 Å². The Labute approximate surface area is 167 Å². The molecule has 3 aromatic rings. The van der Waals surface area contributed by atoms with Gasteiger partial charge in [-0.15, -0.1) is 0 Å². The fraction of sp³-hybridized carbons (Fsp3) is 0.300. The third-order valence-electron chi connectivity index (χ3n) is 4.34. The molecular formula is C20H21ClN2O3S. The zero-order valence-electron chi connectivity index (χ0n) is 15.4. The van der Waals surface area contributed by atoms with Crippen LogP contribution in [0.1, 0.15) is 31.7 Å². The van der Waals surface area contributed by atoms with E-state index in [4.69, 9.17) is 21.1 Å². The lowest BCUT2D eigenvalue weighted by Gasteiger charge is -2.10. The second-order valence-electron chi connectivity index (χ2n) is 6.19. The van der Waals surface area contributed by atoms with Crippen LogP contribution in [0.25, 0.3) is 10.2 Å². The molecule has 1 atom stereocenters. The molecule has 0 unspecified atom stereocenters. The molecular weight excluding hydrogens is 384 g/mol. The minimum atomic E-state index is -0.266. The highest BCUT2D eigenvalue weighted by atomic mass is 35.5. The lowest BCUT2D eigenvalue weighted by molar-refractivity contribution is -0.118. The van der Waals surface area contributed by atoms with Gasteiger partial charge in [-0.1, -0.05) is 48.9 Å². The van der Waals surface area contributed by atoms with Gasteiger partial charge in [0.25, 0.3) is 5.91 Å². The maximum absolute atomic E-state index is 12.2. The molecule has 1 amide bonds. The summed E-state index contributed by atoms with van der Waals surface area (Å²) in [6, 6.07) is 11.4. The van der Waals surface area contributed by atoms with E-state index in [2.05, 4.69) is 24.1 Å². The molecule has 2 aromatic carbocycles. The summed E-state index contributed by atoms with van der Waals surface area (Å²) >= 11 is 7.46. The fourth-order valence-electron chi connectivity index (χ4n) is 2.57. The van der Waals surface area contributed by atoms with Crippen LogP contribution in [0.4, 0.5) is 5.13 Å². The second-order valence-corrected chi connectivity index (χ2v) is 7.63. The van der Waals surface area contributed by atoms with E-state index in [0.717, 1.165) is 11.1 Å². The molecule has 0 fully saturated rings. The number of hydrogen-bond acceptors (Lipinski definition) is 5. The maximum atomic E-state index is 12.2. The molecule has 0 aliphatic heterocycles. The van der Waals surface area contributed by atoms with Gasteiger partial charge in [0, 0.05) is 6.07 Å². The van der Waals surface area contributed by atoms with Crippen molar-refractivity contribution in [3.05, 3.63) is 47.0 Å². The standard InChI is InChI=1S/C20H21ClN2O3S/c1-4-12(2)13-5-7-14(8-6-13)26-11-19(24)23-20-22-16-9-15(21)17(25-3)10-18(16)27-20/h5-10,12H,4,11H2,1-3H3,(H,22,23,24)/t12-/m0/s1. The Hall–Kier alpha value is -2.31. The zero-order valence-corrected chi connectivity index (χ0v) is 17.0. The van der Waals surface area contributed by atoms with Crippen molar-refractivity contribution in [2.45, 2.75) is 26.2 Å². The molecule has 0 radical (unpaired) electrons. The summed E-state index contributed by atoms with van der Waals surface area (Å²) in [7, 11) is 1.56. The van der Waals surface area contributed by atoms with Crippen molar-refractivity contribution in [1.82, 2.24) is 4.98 Å². The summed E-state index contributed by atoms with van der Waals surface area (Å²) in [4.78, 5) is 16.5. The molecule has 3 rings (SSSR count). The maximum Gasteiger partial charge on any atom is 0.264 e. The average Bonchev–Trinajstić information content (AvgIpc) is 3.06. The molecule has 5 nitrogen and oxygen atoms in total. The third-order valence-corrected chi connectivity index (χ3v) is 5.57. The first kappa shape index (κ1) is 19.5. The number of benzene rings is 2. The van der Waals surface area contributed by atoms with Gasteiger partial charge in [0.15, 0.2) is 11.7 Å². The van der Waals surface area contributed by atoms with Crippen molar-refractivity contribution in [3.63, 3.8) is 0 Å². The Morgan fingerprint density at radius 3 is 2.70 bits per heavy atom. The van der Waals surface area contributed by atoms with Gasteiger partial charge in [-0.2, -0.15) is 0 Å². The van der Waals surface area contributed by atoms with Crippen LogP contribution < -0.4 is 14.8 Å². The number of nitrogens with zero attached hydrogens (tertiary/aromatic N) is 1. The Kier molecular flexibility index (Phi) is 6.19. The number of halogens is 1. The van der Waals surface area contributed by atoms with Crippen molar-refractivity contribution in [3.8, 4) is 11.5 Å². The monoisotopic (exact) mass is 404 g/mol. The minimum absolute atomic E-state index is 0.0807. The zero-order chi connectivity index (χ0) is 19.4. The molecule has 1 N–H and O–H groups in total. The first-order chi connectivity index (χ1) is 13.0. The van der Waals surface area contributed by atoms with Gasteiger partial charge in [-0.25, -0.2) is 4.98 Å². The quantitative estimate of drug-likeness (QED) is 0.565. The van der Waals surface area contributed by atoms with E-state index in [1.54, 1.807) is 19.2 Å². The lowest BCUT2D eigenvalue weighted by atomic mass is 9.99. The number of nitrogens with one attached hydrogen (secondary N) is 1. The van der Waals surface area contributed by atoms with Crippen molar-refractivity contribution in [1.29, 1.82) is 0 Å². The fourth-order valence-corrected chi connectivity index (χ4v) is 3.70.